The predicted molar refractivity (Wildman–Crippen MR) is 125 cm³/mol. The Morgan fingerprint density at radius 2 is 2.00 bits per heavy atom. The van der Waals surface area contributed by atoms with E-state index >= 15 is 0 Å². The Kier molecular flexibility index (Phi) is 5.06. The average molecular weight is 468 g/mol. The van der Waals surface area contributed by atoms with Crippen LogP contribution >= 0.6 is 0 Å². The van der Waals surface area contributed by atoms with Gasteiger partial charge in [0, 0.05) is 40.7 Å². The van der Waals surface area contributed by atoms with E-state index in [1.54, 1.807) is 26.3 Å². The molecule has 0 radical (unpaired) electrons. The molecule has 1 aliphatic rings. The van der Waals surface area contributed by atoms with Crippen LogP contribution in [0.3, 0.4) is 0 Å². The number of ether oxygens (including phenoxy) is 1. The number of methoxy groups -OCH3 is 1. The molecule has 4 aromatic rings. The van der Waals surface area contributed by atoms with Gasteiger partial charge < -0.3 is 14.4 Å². The van der Waals surface area contributed by atoms with Crippen LogP contribution in [-0.2, 0) is 14.9 Å². The lowest BCUT2D eigenvalue weighted by Crippen LogP contribution is -2.41. The third-order valence-electron chi connectivity index (χ3n) is 7.19. The molecule has 0 saturated heterocycles. The summed E-state index contributed by atoms with van der Waals surface area (Å²) in [6, 6.07) is 7.90. The molecule has 2 N–H and O–H groups in total. The van der Waals surface area contributed by atoms with Crippen LogP contribution in [0.25, 0.3) is 27.5 Å². The molecule has 34 heavy (non-hydrogen) atoms. The van der Waals surface area contributed by atoms with Crippen LogP contribution < -0.4 is 0 Å². The van der Waals surface area contributed by atoms with E-state index in [1.807, 2.05) is 30.5 Å². The van der Waals surface area contributed by atoms with Crippen LogP contribution in [0.15, 0.2) is 36.5 Å². The van der Waals surface area contributed by atoms with E-state index in [0.717, 1.165) is 39.1 Å². The summed E-state index contributed by atoms with van der Waals surface area (Å²) in [7, 11) is 1.63. The highest BCUT2D eigenvalue weighted by molar-refractivity contribution is 5.99. The summed E-state index contributed by atoms with van der Waals surface area (Å²) in [5.41, 5.74) is 2.82. The number of halogens is 2. The molecule has 2 heterocycles. The number of carboxylic acid groups (broad SMARTS) is 1. The quantitative estimate of drug-likeness (QED) is 0.383. The second kappa shape index (κ2) is 7.63. The van der Waals surface area contributed by atoms with E-state index in [1.165, 1.54) is 6.07 Å². The molecule has 1 aliphatic carbocycles. The minimum Gasteiger partial charge on any atom is -0.481 e. The van der Waals surface area contributed by atoms with E-state index in [9.17, 15) is 18.7 Å². The summed E-state index contributed by atoms with van der Waals surface area (Å²) in [6.07, 6.45) is 2.72. The van der Waals surface area contributed by atoms with Crippen molar-refractivity contribution in [2.75, 3.05) is 13.7 Å². The smallest absolute Gasteiger partial charge is 0.309 e. The second-order valence-electron chi connectivity index (χ2n) is 10.3. The summed E-state index contributed by atoms with van der Waals surface area (Å²) in [5, 5.41) is 18.7. The fraction of sp³-hybridized carbons (Fsp3) is 0.385. The highest BCUT2D eigenvalue weighted by Crippen LogP contribution is 2.55. The number of H-pyrrole nitrogens is 1. The summed E-state index contributed by atoms with van der Waals surface area (Å²) >= 11 is 0. The van der Waals surface area contributed by atoms with Gasteiger partial charge in [-0.05, 0) is 55.5 Å². The number of carboxylic acids is 1. The molecule has 6 nitrogen and oxygen atoms in total. The van der Waals surface area contributed by atoms with Crippen molar-refractivity contribution < 1.29 is 23.4 Å². The topological polar surface area (TPSA) is 80.1 Å². The fourth-order valence-electron chi connectivity index (χ4n) is 5.56. The van der Waals surface area contributed by atoms with Crippen LogP contribution in [0.2, 0.25) is 0 Å². The van der Waals surface area contributed by atoms with Gasteiger partial charge in [0.15, 0.2) is 11.6 Å². The van der Waals surface area contributed by atoms with E-state index in [2.05, 4.69) is 10.2 Å². The highest BCUT2D eigenvalue weighted by Gasteiger charge is 2.49. The Morgan fingerprint density at radius 3 is 2.65 bits per heavy atom. The molecule has 1 fully saturated rings. The summed E-state index contributed by atoms with van der Waals surface area (Å²) in [5.74, 6) is -2.64. The van der Waals surface area contributed by atoms with Crippen LogP contribution in [0.4, 0.5) is 8.78 Å². The van der Waals surface area contributed by atoms with Crippen molar-refractivity contribution in [1.29, 1.82) is 0 Å². The third kappa shape index (κ3) is 3.31. The molecule has 0 spiro atoms. The zero-order valence-corrected chi connectivity index (χ0v) is 19.6. The molecule has 0 bridgehead atoms. The van der Waals surface area contributed by atoms with Gasteiger partial charge in [-0.2, -0.15) is 5.10 Å². The number of nitrogens with zero attached hydrogens (tertiary/aromatic N) is 2. The number of carbonyl (C=O) groups is 1. The monoisotopic (exact) mass is 467 g/mol. The van der Waals surface area contributed by atoms with Crippen LogP contribution in [0.1, 0.15) is 50.8 Å². The average Bonchev–Trinajstić information content (AvgIpc) is 3.33. The van der Waals surface area contributed by atoms with Gasteiger partial charge in [0.05, 0.1) is 29.3 Å². The number of fused-ring (bicyclic) bond motifs is 2. The van der Waals surface area contributed by atoms with Crippen LogP contribution in [-0.4, -0.2) is 39.6 Å². The number of hydrogen-bond donors (Lipinski definition) is 2. The van der Waals surface area contributed by atoms with Crippen molar-refractivity contribution >= 4 is 27.8 Å². The molecule has 5 rings (SSSR count). The first-order valence-electron chi connectivity index (χ1n) is 11.3. The molecule has 2 aromatic heterocycles. The number of rotatable bonds is 6. The molecular weight excluding hydrogens is 440 g/mol. The molecule has 0 atom stereocenters. The minimum atomic E-state index is -0.928. The van der Waals surface area contributed by atoms with Crippen molar-refractivity contribution in [3.63, 3.8) is 0 Å². The zero-order valence-electron chi connectivity index (χ0n) is 19.6. The van der Waals surface area contributed by atoms with E-state index in [4.69, 9.17) is 4.74 Å². The summed E-state index contributed by atoms with van der Waals surface area (Å²) in [4.78, 5) is 11.8. The SMILES string of the molecule is COCC(C)(C)c1c([C@H]2C[C@](C)(C(=O)O)C2)c2cc3[nH]ncc3cc2n1-c1ccc(F)c(F)c1. The van der Waals surface area contributed by atoms with Crippen molar-refractivity contribution in [3.8, 4) is 5.69 Å². The first-order valence-corrected chi connectivity index (χ1v) is 11.3. The maximum absolute atomic E-state index is 14.4. The van der Waals surface area contributed by atoms with Gasteiger partial charge in [-0.25, -0.2) is 8.78 Å². The summed E-state index contributed by atoms with van der Waals surface area (Å²) in [6.45, 7) is 6.26. The zero-order chi connectivity index (χ0) is 24.4. The molecule has 0 amide bonds. The van der Waals surface area contributed by atoms with Gasteiger partial charge in [0.2, 0.25) is 0 Å². The van der Waals surface area contributed by atoms with Crippen LogP contribution in [0.5, 0.6) is 0 Å². The lowest BCUT2D eigenvalue weighted by Gasteiger charge is -2.43. The first kappa shape index (κ1) is 22.5. The molecular formula is C26H27F2N3O3. The van der Waals surface area contributed by atoms with Gasteiger partial charge in [0.25, 0.3) is 0 Å². The number of aromatic nitrogens is 3. The third-order valence-corrected chi connectivity index (χ3v) is 7.19. The fourth-order valence-corrected chi connectivity index (χ4v) is 5.56. The van der Waals surface area contributed by atoms with Gasteiger partial charge in [-0.15, -0.1) is 0 Å². The van der Waals surface area contributed by atoms with Gasteiger partial charge in [-0.1, -0.05) is 13.8 Å². The Morgan fingerprint density at radius 1 is 1.26 bits per heavy atom. The molecule has 178 valence electrons. The van der Waals surface area contributed by atoms with Gasteiger partial charge in [-0.3, -0.25) is 9.89 Å². The molecule has 0 aliphatic heterocycles. The van der Waals surface area contributed by atoms with Gasteiger partial charge in [0.1, 0.15) is 0 Å². The molecule has 0 unspecified atom stereocenters. The molecule has 1 saturated carbocycles. The van der Waals surface area contributed by atoms with Crippen LogP contribution in [0, 0.1) is 17.0 Å². The predicted octanol–water partition coefficient (Wildman–Crippen LogP) is 5.68. The van der Waals surface area contributed by atoms with E-state index < -0.39 is 28.4 Å². The lowest BCUT2D eigenvalue weighted by atomic mass is 9.60. The molecule has 8 heteroatoms. The van der Waals surface area contributed by atoms with Crippen molar-refractivity contribution in [2.24, 2.45) is 5.41 Å². The minimum absolute atomic E-state index is 0.00153. The second-order valence-corrected chi connectivity index (χ2v) is 10.3. The summed E-state index contributed by atoms with van der Waals surface area (Å²) < 4.78 is 35.7. The highest BCUT2D eigenvalue weighted by atomic mass is 19.2. The first-order chi connectivity index (χ1) is 16.1. The Bertz CT molecular complexity index is 1430. The largest absolute Gasteiger partial charge is 0.481 e. The Labute approximate surface area is 195 Å². The van der Waals surface area contributed by atoms with Crippen molar-refractivity contribution in [1.82, 2.24) is 14.8 Å². The number of aliphatic carboxylic acids is 1. The number of hydrogen-bond acceptors (Lipinski definition) is 3. The number of nitrogens with one attached hydrogen (secondary N) is 1. The normalized spacial score (nSPS) is 20.7. The maximum Gasteiger partial charge on any atom is 0.309 e. The lowest BCUT2D eigenvalue weighted by molar-refractivity contribution is -0.154. The number of aromatic amines is 1. The Balaban J connectivity index is 1.86. The number of benzene rings is 2. The standard InChI is InChI=1S/C26H27F2N3O3/c1-25(2,13-34-4)23-22(15-10-26(3,11-15)24(32)33)17-9-20-14(12-29-30-20)7-21(17)31(23)16-5-6-18(27)19(28)8-16/h5-9,12,15H,10-11,13H2,1-4H3,(H,29,30)(H,32,33)/t15-,26-. The molecule has 2 aromatic carbocycles. The Hall–Kier alpha value is -3.26. The van der Waals surface area contributed by atoms with Gasteiger partial charge >= 0.3 is 5.97 Å². The van der Waals surface area contributed by atoms with Crippen molar-refractivity contribution in [3.05, 3.63) is 59.4 Å². The van der Waals surface area contributed by atoms with Crippen molar-refractivity contribution in [2.45, 2.75) is 44.9 Å². The van der Waals surface area contributed by atoms with E-state index in [0.29, 0.717) is 25.1 Å². The van der Waals surface area contributed by atoms with E-state index in [-0.39, 0.29) is 5.92 Å². The maximum atomic E-state index is 14.4.